The van der Waals surface area contributed by atoms with Gasteiger partial charge in [-0.3, -0.25) is 0 Å². The minimum Gasteiger partial charge on any atom is -1.00 e. The molecule has 2 rings (SSSR count). The normalized spacial score (nSPS) is 11.5. The molecule has 5 nitrogen and oxygen atoms in total. The van der Waals surface area contributed by atoms with E-state index in [4.69, 9.17) is 13.3 Å². The van der Waals surface area contributed by atoms with Crippen molar-refractivity contribution in [3.63, 3.8) is 0 Å². The van der Waals surface area contributed by atoms with Crippen LogP contribution in [-0.4, -0.2) is 33.2 Å². The molecular weight excluding hydrogens is 436 g/mol. The molecule has 0 atom stereocenters. The number of aryl methyl sites for hydroxylation is 4. The molecular formula is C21H35BrN2O3Si. The van der Waals surface area contributed by atoms with E-state index in [1.807, 2.05) is 20.8 Å². The summed E-state index contributed by atoms with van der Waals surface area (Å²) in [6.45, 7) is 15.3. The van der Waals surface area contributed by atoms with Crippen molar-refractivity contribution in [2.75, 3.05) is 19.8 Å². The Kier molecular flexibility index (Phi) is 10.6. The maximum Gasteiger partial charge on any atom is 0.501 e. The molecule has 0 spiro atoms. The van der Waals surface area contributed by atoms with E-state index < -0.39 is 8.80 Å². The Balaban J connectivity index is 0.00000392. The third kappa shape index (κ3) is 6.52. The van der Waals surface area contributed by atoms with Gasteiger partial charge in [0.05, 0.1) is 6.54 Å². The first kappa shape index (κ1) is 25.0. The molecule has 1 heterocycles. The average Bonchev–Trinajstić information content (AvgIpc) is 3.03. The summed E-state index contributed by atoms with van der Waals surface area (Å²) in [7, 11) is -2.55. The summed E-state index contributed by atoms with van der Waals surface area (Å²) in [4.78, 5) is 0. The summed E-state index contributed by atoms with van der Waals surface area (Å²) in [6.07, 6.45) is 7.38. The van der Waals surface area contributed by atoms with Crippen molar-refractivity contribution >= 4 is 8.80 Å². The van der Waals surface area contributed by atoms with Gasteiger partial charge in [-0.05, 0) is 59.1 Å². The molecule has 28 heavy (non-hydrogen) atoms. The molecule has 0 N–H and O–H groups in total. The van der Waals surface area contributed by atoms with E-state index in [0.29, 0.717) is 19.8 Å². The maximum absolute atomic E-state index is 5.95. The first-order valence-corrected chi connectivity index (χ1v) is 11.9. The molecule has 158 valence electrons. The molecule has 0 bridgehead atoms. The minimum atomic E-state index is -2.55. The maximum atomic E-state index is 5.95. The number of hydrogen-bond donors (Lipinski definition) is 0. The van der Waals surface area contributed by atoms with Crippen molar-refractivity contribution < 1.29 is 34.8 Å². The highest BCUT2D eigenvalue weighted by atomic mass is 79.9. The highest BCUT2D eigenvalue weighted by Gasteiger charge is 2.39. The van der Waals surface area contributed by atoms with Crippen LogP contribution in [-0.2, 0) is 19.8 Å². The third-order valence-electron chi connectivity index (χ3n) is 4.58. The molecule has 0 aliphatic carbocycles. The van der Waals surface area contributed by atoms with E-state index >= 15 is 0 Å². The second-order valence-corrected chi connectivity index (χ2v) is 9.62. The monoisotopic (exact) mass is 470 g/mol. The number of halogens is 1. The minimum absolute atomic E-state index is 0. The average molecular weight is 472 g/mol. The van der Waals surface area contributed by atoms with Gasteiger partial charge >= 0.3 is 8.80 Å². The summed E-state index contributed by atoms with van der Waals surface area (Å²) in [5, 5.41) is 0. The molecule has 0 unspecified atom stereocenters. The lowest BCUT2D eigenvalue weighted by Gasteiger charge is -2.28. The largest absolute Gasteiger partial charge is 1.00 e. The van der Waals surface area contributed by atoms with E-state index in [0.717, 1.165) is 19.0 Å². The lowest BCUT2D eigenvalue weighted by atomic mass is 10.1. The van der Waals surface area contributed by atoms with Gasteiger partial charge < -0.3 is 30.3 Å². The van der Waals surface area contributed by atoms with Gasteiger partial charge in [-0.15, -0.1) is 0 Å². The highest BCUT2D eigenvalue weighted by molar-refractivity contribution is 6.60. The van der Waals surface area contributed by atoms with Crippen LogP contribution in [0.3, 0.4) is 0 Å². The summed E-state index contributed by atoms with van der Waals surface area (Å²) in [6, 6.07) is 5.31. The lowest BCUT2D eigenvalue weighted by Crippen LogP contribution is -3.00. The smallest absolute Gasteiger partial charge is 0.501 e. The van der Waals surface area contributed by atoms with E-state index in [9.17, 15) is 0 Å². The van der Waals surface area contributed by atoms with Gasteiger partial charge in [0.1, 0.15) is 18.1 Å². The van der Waals surface area contributed by atoms with Crippen LogP contribution in [0.2, 0.25) is 6.04 Å². The summed E-state index contributed by atoms with van der Waals surface area (Å²) < 4.78 is 22.3. The van der Waals surface area contributed by atoms with Crippen LogP contribution in [0.25, 0.3) is 5.69 Å². The molecule has 0 radical (unpaired) electrons. The standard InChI is InChI=1S/C21H35N2O3Si.BrH/c1-7-24-27(25-8-2,26-9-3)14-10-11-22-12-13-23(17-22)21-19(5)15-18(4)16-20(21)6;/h12-13,15-17H,7-11,14H2,1-6H3;1H/q+1;/p-1. The molecule has 0 saturated heterocycles. The van der Waals surface area contributed by atoms with Crippen LogP contribution in [0.4, 0.5) is 0 Å². The topological polar surface area (TPSA) is 36.5 Å². The van der Waals surface area contributed by atoms with Gasteiger partial charge in [0.15, 0.2) is 0 Å². The van der Waals surface area contributed by atoms with Crippen LogP contribution < -0.4 is 21.5 Å². The fourth-order valence-electron chi connectivity index (χ4n) is 3.72. The Hall–Kier alpha value is -0.993. The zero-order valence-electron chi connectivity index (χ0n) is 18.1. The van der Waals surface area contributed by atoms with Gasteiger partial charge in [-0.1, -0.05) is 17.7 Å². The lowest BCUT2D eigenvalue weighted by molar-refractivity contribution is -0.696. The molecule has 2 aromatic rings. The number of benzene rings is 1. The molecule has 0 fully saturated rings. The predicted molar refractivity (Wildman–Crippen MR) is 110 cm³/mol. The first-order chi connectivity index (χ1) is 12.9. The second kappa shape index (κ2) is 11.9. The second-order valence-electron chi connectivity index (χ2n) is 6.89. The van der Waals surface area contributed by atoms with Crippen LogP contribution in [0.15, 0.2) is 30.9 Å². The Morgan fingerprint density at radius 1 is 0.929 bits per heavy atom. The van der Waals surface area contributed by atoms with Crippen molar-refractivity contribution in [3.8, 4) is 5.69 Å². The number of nitrogens with zero attached hydrogens (tertiary/aromatic N) is 2. The van der Waals surface area contributed by atoms with Crippen LogP contribution in [0.1, 0.15) is 43.9 Å². The summed E-state index contributed by atoms with van der Waals surface area (Å²) in [5.74, 6) is 0. The number of hydrogen-bond acceptors (Lipinski definition) is 3. The number of imidazole rings is 1. The van der Waals surface area contributed by atoms with Gasteiger partial charge in [0.2, 0.25) is 6.33 Å². The van der Waals surface area contributed by atoms with E-state index in [1.54, 1.807) is 0 Å². The summed E-state index contributed by atoms with van der Waals surface area (Å²) >= 11 is 0. The molecule has 0 saturated carbocycles. The van der Waals surface area contributed by atoms with Crippen molar-refractivity contribution in [2.24, 2.45) is 0 Å². The van der Waals surface area contributed by atoms with Gasteiger partial charge in [-0.2, -0.15) is 0 Å². The number of aromatic nitrogens is 2. The fourth-order valence-corrected chi connectivity index (χ4v) is 6.31. The fraction of sp³-hybridized carbons (Fsp3) is 0.571. The Labute approximate surface area is 181 Å². The zero-order valence-corrected chi connectivity index (χ0v) is 20.7. The van der Waals surface area contributed by atoms with Gasteiger partial charge in [0.25, 0.3) is 0 Å². The van der Waals surface area contributed by atoms with Crippen molar-refractivity contribution in [1.29, 1.82) is 0 Å². The molecule has 0 amide bonds. The molecule has 7 heteroatoms. The summed E-state index contributed by atoms with van der Waals surface area (Å²) in [5.41, 5.74) is 5.16. The first-order valence-electron chi connectivity index (χ1n) is 10.0. The van der Waals surface area contributed by atoms with E-state index in [-0.39, 0.29) is 17.0 Å². The van der Waals surface area contributed by atoms with E-state index in [2.05, 4.69) is 60.8 Å². The third-order valence-corrected chi connectivity index (χ3v) is 7.73. The molecule has 0 aliphatic rings. The van der Waals surface area contributed by atoms with E-state index in [1.165, 1.54) is 22.4 Å². The molecule has 1 aromatic carbocycles. The van der Waals surface area contributed by atoms with Crippen molar-refractivity contribution in [2.45, 2.75) is 60.6 Å². The van der Waals surface area contributed by atoms with Crippen molar-refractivity contribution in [3.05, 3.63) is 47.5 Å². The predicted octanol–water partition coefficient (Wildman–Crippen LogP) is 1.13. The van der Waals surface area contributed by atoms with Crippen LogP contribution in [0.5, 0.6) is 0 Å². The van der Waals surface area contributed by atoms with Crippen LogP contribution >= 0.6 is 0 Å². The quantitative estimate of drug-likeness (QED) is 0.364. The van der Waals surface area contributed by atoms with Gasteiger partial charge in [-0.25, -0.2) is 9.13 Å². The van der Waals surface area contributed by atoms with Gasteiger partial charge in [0, 0.05) is 25.9 Å². The van der Waals surface area contributed by atoms with Crippen molar-refractivity contribution in [1.82, 2.24) is 4.57 Å². The highest BCUT2D eigenvalue weighted by Crippen LogP contribution is 2.21. The van der Waals surface area contributed by atoms with Crippen LogP contribution in [0, 0.1) is 20.8 Å². The molecule has 0 aliphatic heterocycles. The Bertz CT molecular complexity index is 696. The SMILES string of the molecule is CCO[Si](CCC[n+]1ccn(-c2c(C)cc(C)cc2C)c1)(OCC)OCC.[Br-]. The molecule has 1 aromatic heterocycles. The Morgan fingerprint density at radius 2 is 1.46 bits per heavy atom. The Morgan fingerprint density at radius 3 is 1.96 bits per heavy atom. The zero-order chi connectivity index (χ0) is 19.9. The number of rotatable bonds is 11.